The molecule has 1 aromatic rings. The molecule has 1 atom stereocenters. The van der Waals surface area contributed by atoms with Gasteiger partial charge in [0.1, 0.15) is 6.29 Å². The Labute approximate surface area is 76.0 Å². The van der Waals surface area contributed by atoms with E-state index in [4.69, 9.17) is 4.55 Å². The smallest absolute Gasteiger partial charge is 0.278 e. The van der Waals surface area contributed by atoms with Crippen LogP contribution < -0.4 is 0 Å². The largest absolute Gasteiger partial charge is 0.301 e. The quantitative estimate of drug-likeness (QED) is 0.579. The van der Waals surface area contributed by atoms with Crippen molar-refractivity contribution in [1.29, 1.82) is 0 Å². The van der Waals surface area contributed by atoms with Gasteiger partial charge in [0.25, 0.3) is 10.1 Å². The fourth-order valence-corrected chi connectivity index (χ4v) is 1.60. The summed E-state index contributed by atoms with van der Waals surface area (Å²) in [5, 5.41) is -1.48. The number of carbonyl (C=O) groups is 1. The van der Waals surface area contributed by atoms with Crippen molar-refractivity contribution >= 4 is 16.4 Å². The molecule has 1 rings (SSSR count). The van der Waals surface area contributed by atoms with Crippen LogP contribution in [0.2, 0.25) is 0 Å². The second-order valence-corrected chi connectivity index (χ2v) is 4.02. The zero-order chi connectivity index (χ0) is 9.90. The SMILES string of the molecule is O=CC(c1ccccc1)S(=O)(=O)O. The van der Waals surface area contributed by atoms with Crippen molar-refractivity contribution in [1.82, 2.24) is 0 Å². The number of hydrogen-bond acceptors (Lipinski definition) is 3. The van der Waals surface area contributed by atoms with Gasteiger partial charge in [-0.2, -0.15) is 8.42 Å². The number of benzene rings is 1. The van der Waals surface area contributed by atoms with Gasteiger partial charge in [-0.25, -0.2) is 0 Å². The van der Waals surface area contributed by atoms with Gasteiger partial charge in [0.15, 0.2) is 5.25 Å². The maximum absolute atomic E-state index is 10.7. The third-order valence-electron chi connectivity index (χ3n) is 1.57. The van der Waals surface area contributed by atoms with Crippen LogP contribution in [-0.2, 0) is 14.9 Å². The van der Waals surface area contributed by atoms with Crippen molar-refractivity contribution in [3.8, 4) is 0 Å². The molecule has 0 fully saturated rings. The summed E-state index contributed by atoms with van der Waals surface area (Å²) >= 11 is 0. The highest BCUT2D eigenvalue weighted by Gasteiger charge is 2.23. The van der Waals surface area contributed by atoms with E-state index < -0.39 is 15.4 Å². The molecular weight excluding hydrogens is 192 g/mol. The summed E-state index contributed by atoms with van der Waals surface area (Å²) in [6.07, 6.45) is 0.199. The average molecular weight is 200 g/mol. The monoisotopic (exact) mass is 200 g/mol. The lowest BCUT2D eigenvalue weighted by Crippen LogP contribution is -2.13. The van der Waals surface area contributed by atoms with E-state index in [2.05, 4.69) is 0 Å². The molecule has 4 nitrogen and oxygen atoms in total. The summed E-state index contributed by atoms with van der Waals surface area (Å²) < 4.78 is 30.0. The molecule has 0 heterocycles. The standard InChI is InChI=1S/C8H8O4S/c9-6-8(13(10,11)12)7-4-2-1-3-5-7/h1-6,8H,(H,10,11,12). The van der Waals surface area contributed by atoms with Crippen LogP contribution in [0.15, 0.2) is 30.3 Å². The summed E-state index contributed by atoms with van der Waals surface area (Å²) in [6, 6.07) is 7.81. The maximum Gasteiger partial charge on any atom is 0.278 e. The van der Waals surface area contributed by atoms with Crippen LogP contribution in [0.3, 0.4) is 0 Å². The molecule has 1 unspecified atom stereocenters. The molecule has 1 N–H and O–H groups in total. The molecule has 0 saturated heterocycles. The van der Waals surface area contributed by atoms with Gasteiger partial charge in [-0.15, -0.1) is 0 Å². The summed E-state index contributed by atoms with van der Waals surface area (Å²) in [5.41, 5.74) is 0.264. The van der Waals surface area contributed by atoms with Crippen LogP contribution in [0, 0.1) is 0 Å². The Hall–Kier alpha value is -1.20. The lowest BCUT2D eigenvalue weighted by atomic mass is 10.2. The molecule has 0 spiro atoms. The van der Waals surface area contributed by atoms with Crippen molar-refractivity contribution in [3.63, 3.8) is 0 Å². The maximum atomic E-state index is 10.7. The minimum Gasteiger partial charge on any atom is -0.301 e. The van der Waals surface area contributed by atoms with E-state index in [-0.39, 0.29) is 11.8 Å². The Morgan fingerprint density at radius 2 is 1.77 bits per heavy atom. The van der Waals surface area contributed by atoms with Crippen molar-refractivity contribution in [2.24, 2.45) is 0 Å². The van der Waals surface area contributed by atoms with E-state index in [1.54, 1.807) is 18.2 Å². The molecule has 13 heavy (non-hydrogen) atoms. The lowest BCUT2D eigenvalue weighted by Gasteiger charge is -2.05. The van der Waals surface area contributed by atoms with Gasteiger partial charge >= 0.3 is 0 Å². The lowest BCUT2D eigenvalue weighted by molar-refractivity contribution is -0.107. The van der Waals surface area contributed by atoms with Crippen LogP contribution in [0.5, 0.6) is 0 Å². The zero-order valence-electron chi connectivity index (χ0n) is 6.62. The van der Waals surface area contributed by atoms with Crippen molar-refractivity contribution < 1.29 is 17.8 Å². The van der Waals surface area contributed by atoms with Gasteiger partial charge in [0.05, 0.1) is 0 Å². The molecule has 0 aliphatic heterocycles. The third kappa shape index (κ3) is 2.37. The Bertz CT molecular complexity index is 382. The normalized spacial score (nSPS) is 13.6. The Morgan fingerprint density at radius 3 is 2.15 bits per heavy atom. The molecule has 0 amide bonds. The van der Waals surface area contributed by atoms with Gasteiger partial charge < -0.3 is 4.79 Å². The Kier molecular flexibility index (Phi) is 2.79. The highest BCUT2D eigenvalue weighted by molar-refractivity contribution is 7.86. The molecule has 0 aliphatic carbocycles. The van der Waals surface area contributed by atoms with Crippen molar-refractivity contribution in [3.05, 3.63) is 35.9 Å². The number of aldehydes is 1. The van der Waals surface area contributed by atoms with Gasteiger partial charge in [0.2, 0.25) is 0 Å². The molecule has 0 saturated carbocycles. The summed E-state index contributed by atoms with van der Waals surface area (Å²) in [6.45, 7) is 0. The zero-order valence-corrected chi connectivity index (χ0v) is 7.44. The van der Waals surface area contributed by atoms with E-state index >= 15 is 0 Å². The summed E-state index contributed by atoms with van der Waals surface area (Å²) in [7, 11) is -4.34. The molecule has 0 aliphatic rings. The minimum absolute atomic E-state index is 0.199. The van der Waals surface area contributed by atoms with Crippen LogP contribution in [-0.4, -0.2) is 19.3 Å². The highest BCUT2D eigenvalue weighted by atomic mass is 32.2. The van der Waals surface area contributed by atoms with E-state index in [0.29, 0.717) is 0 Å². The second-order valence-electron chi connectivity index (χ2n) is 2.48. The van der Waals surface area contributed by atoms with Crippen LogP contribution >= 0.6 is 0 Å². The summed E-state index contributed by atoms with van der Waals surface area (Å²) in [4.78, 5) is 10.4. The van der Waals surface area contributed by atoms with Gasteiger partial charge in [-0.1, -0.05) is 30.3 Å². The highest BCUT2D eigenvalue weighted by Crippen LogP contribution is 2.17. The van der Waals surface area contributed by atoms with Gasteiger partial charge in [-0.05, 0) is 5.56 Å². The Morgan fingerprint density at radius 1 is 1.23 bits per heavy atom. The molecule has 0 aromatic heterocycles. The molecule has 1 aromatic carbocycles. The molecular formula is C8H8O4S. The fraction of sp³-hybridized carbons (Fsp3) is 0.125. The van der Waals surface area contributed by atoms with E-state index in [1.165, 1.54) is 12.1 Å². The molecule has 0 radical (unpaired) electrons. The Balaban J connectivity index is 3.13. The predicted molar refractivity (Wildman–Crippen MR) is 46.8 cm³/mol. The first-order valence-corrected chi connectivity index (χ1v) is 5.02. The predicted octanol–water partition coefficient (Wildman–Crippen LogP) is 0.814. The second kappa shape index (κ2) is 3.68. The van der Waals surface area contributed by atoms with Gasteiger partial charge in [-0.3, -0.25) is 4.55 Å². The number of carbonyl (C=O) groups excluding carboxylic acids is 1. The topological polar surface area (TPSA) is 71.4 Å². The number of hydrogen-bond donors (Lipinski definition) is 1. The first kappa shape index (κ1) is 9.88. The van der Waals surface area contributed by atoms with Crippen molar-refractivity contribution in [2.45, 2.75) is 5.25 Å². The van der Waals surface area contributed by atoms with Crippen LogP contribution in [0.25, 0.3) is 0 Å². The van der Waals surface area contributed by atoms with E-state index in [1.807, 2.05) is 0 Å². The van der Waals surface area contributed by atoms with Crippen molar-refractivity contribution in [2.75, 3.05) is 0 Å². The molecule has 5 heteroatoms. The average Bonchev–Trinajstić information content (AvgIpc) is 2.05. The molecule has 70 valence electrons. The first-order chi connectivity index (χ1) is 6.05. The molecule has 0 bridgehead atoms. The van der Waals surface area contributed by atoms with E-state index in [0.717, 1.165) is 0 Å². The van der Waals surface area contributed by atoms with E-state index in [9.17, 15) is 13.2 Å². The number of rotatable bonds is 3. The van der Waals surface area contributed by atoms with Gasteiger partial charge in [0, 0.05) is 0 Å². The van der Waals surface area contributed by atoms with Crippen LogP contribution in [0.4, 0.5) is 0 Å². The third-order valence-corrected chi connectivity index (χ3v) is 2.60. The minimum atomic E-state index is -4.34. The first-order valence-electron chi connectivity index (χ1n) is 3.52. The summed E-state index contributed by atoms with van der Waals surface area (Å²) in [5.74, 6) is 0. The fourth-order valence-electron chi connectivity index (χ4n) is 0.963. The van der Waals surface area contributed by atoms with Crippen LogP contribution in [0.1, 0.15) is 10.8 Å².